The third-order valence-corrected chi connectivity index (χ3v) is 1.78. The number of halogens is 1. The number of hydrogen-bond acceptors (Lipinski definition) is 0. The topological polar surface area (TPSA) is 0 Å². The van der Waals surface area contributed by atoms with Crippen LogP contribution in [0.4, 0.5) is 0 Å². The molecule has 0 saturated carbocycles. The van der Waals surface area contributed by atoms with Crippen LogP contribution in [0, 0.1) is 0 Å². The molecule has 0 fully saturated rings. The maximum absolute atomic E-state index is 5.91. The van der Waals surface area contributed by atoms with Crippen LogP contribution in [-0.4, -0.2) is 0 Å². The van der Waals surface area contributed by atoms with E-state index >= 15 is 0 Å². The van der Waals surface area contributed by atoms with E-state index in [1.54, 1.807) is 0 Å². The summed E-state index contributed by atoms with van der Waals surface area (Å²) < 4.78 is 0. The molecule has 0 aliphatic rings. The largest absolute Gasteiger partial charge is 0.0842 e. The second-order valence-corrected chi connectivity index (χ2v) is 2.74. The Morgan fingerprint density at radius 1 is 1.36 bits per heavy atom. The van der Waals surface area contributed by atoms with Gasteiger partial charge in [-0.3, -0.25) is 0 Å². The summed E-state index contributed by atoms with van der Waals surface area (Å²) in [6, 6.07) is 7.83. The quantitative estimate of drug-likeness (QED) is 0.628. The van der Waals surface area contributed by atoms with Crippen molar-refractivity contribution in [2.75, 3.05) is 0 Å². The molecule has 0 amide bonds. The highest BCUT2D eigenvalue weighted by atomic mass is 35.5. The van der Waals surface area contributed by atoms with Gasteiger partial charge in [-0.1, -0.05) is 48.9 Å². The first-order valence-corrected chi connectivity index (χ1v) is 4.13. The minimum Gasteiger partial charge on any atom is -0.0842 e. The molecular weight excluding hydrogens is 156 g/mol. The van der Waals surface area contributed by atoms with E-state index in [-0.39, 0.29) is 0 Å². The zero-order valence-corrected chi connectivity index (χ0v) is 7.31. The molecular formula is C10H11Cl. The predicted octanol–water partition coefficient (Wildman–Crippen LogP) is 3.76. The van der Waals surface area contributed by atoms with E-state index in [0.717, 1.165) is 17.0 Å². The fourth-order valence-corrected chi connectivity index (χ4v) is 1.05. The van der Waals surface area contributed by atoms with Gasteiger partial charge in [0.1, 0.15) is 0 Å². The molecule has 1 heteroatoms. The first-order chi connectivity index (χ1) is 5.34. The maximum atomic E-state index is 5.91. The predicted molar refractivity (Wildman–Crippen MR) is 50.8 cm³/mol. The second-order valence-electron chi connectivity index (χ2n) is 2.33. The molecule has 0 spiro atoms. The van der Waals surface area contributed by atoms with Gasteiger partial charge in [0.2, 0.25) is 0 Å². The summed E-state index contributed by atoms with van der Waals surface area (Å²) in [5, 5.41) is 0.817. The Hall–Kier alpha value is -0.750. The lowest BCUT2D eigenvalue weighted by molar-refractivity contribution is 1.23. The Bertz CT molecular complexity index is 251. The Morgan fingerprint density at radius 2 is 2.09 bits per heavy atom. The first kappa shape index (κ1) is 8.35. The fraction of sp³-hybridized carbons (Fsp3) is 0.200. The molecule has 11 heavy (non-hydrogen) atoms. The van der Waals surface area contributed by atoms with Crippen LogP contribution in [0.25, 0.3) is 6.08 Å². The summed E-state index contributed by atoms with van der Waals surface area (Å²) >= 11 is 5.91. The SMILES string of the molecule is CC/C=C\c1ccccc1Cl. The third-order valence-electron chi connectivity index (χ3n) is 1.44. The summed E-state index contributed by atoms with van der Waals surface area (Å²) in [6.07, 6.45) is 5.19. The van der Waals surface area contributed by atoms with Crippen molar-refractivity contribution in [2.24, 2.45) is 0 Å². The van der Waals surface area contributed by atoms with Gasteiger partial charge < -0.3 is 0 Å². The van der Waals surface area contributed by atoms with Crippen molar-refractivity contribution in [3.8, 4) is 0 Å². The van der Waals surface area contributed by atoms with Gasteiger partial charge in [-0.15, -0.1) is 0 Å². The minimum atomic E-state index is 0.817. The van der Waals surface area contributed by atoms with Gasteiger partial charge in [0.25, 0.3) is 0 Å². The minimum absolute atomic E-state index is 0.817. The van der Waals surface area contributed by atoms with Crippen LogP contribution < -0.4 is 0 Å². The average molecular weight is 167 g/mol. The van der Waals surface area contributed by atoms with E-state index in [1.807, 2.05) is 30.3 Å². The Morgan fingerprint density at radius 3 is 2.73 bits per heavy atom. The molecule has 0 heterocycles. The molecule has 0 unspecified atom stereocenters. The lowest BCUT2D eigenvalue weighted by atomic mass is 10.2. The van der Waals surface area contributed by atoms with Gasteiger partial charge in [0.15, 0.2) is 0 Å². The number of benzene rings is 1. The molecule has 0 aromatic heterocycles. The number of rotatable bonds is 2. The summed E-state index contributed by atoms with van der Waals surface area (Å²) in [5.74, 6) is 0. The molecule has 0 saturated heterocycles. The van der Waals surface area contributed by atoms with E-state index in [2.05, 4.69) is 13.0 Å². The number of allylic oxidation sites excluding steroid dienone is 1. The second kappa shape index (κ2) is 4.20. The van der Waals surface area contributed by atoms with Crippen molar-refractivity contribution >= 4 is 17.7 Å². The molecule has 0 N–H and O–H groups in total. The zero-order chi connectivity index (χ0) is 8.10. The molecule has 0 aliphatic heterocycles. The highest BCUT2D eigenvalue weighted by molar-refractivity contribution is 6.32. The van der Waals surface area contributed by atoms with Crippen LogP contribution in [0.2, 0.25) is 5.02 Å². The molecule has 1 aromatic rings. The lowest BCUT2D eigenvalue weighted by Gasteiger charge is -1.94. The van der Waals surface area contributed by atoms with Crippen LogP contribution in [0.15, 0.2) is 30.3 Å². The van der Waals surface area contributed by atoms with E-state index in [9.17, 15) is 0 Å². The molecule has 58 valence electrons. The van der Waals surface area contributed by atoms with Crippen LogP contribution in [-0.2, 0) is 0 Å². The maximum Gasteiger partial charge on any atom is 0.0478 e. The van der Waals surface area contributed by atoms with Crippen molar-refractivity contribution in [3.63, 3.8) is 0 Å². The monoisotopic (exact) mass is 166 g/mol. The standard InChI is InChI=1S/C10H11Cl/c1-2-3-6-9-7-4-5-8-10(9)11/h3-8H,2H2,1H3/b6-3-. The van der Waals surface area contributed by atoms with E-state index in [4.69, 9.17) is 11.6 Å². The highest BCUT2D eigenvalue weighted by Crippen LogP contribution is 2.16. The van der Waals surface area contributed by atoms with Crippen molar-refractivity contribution in [1.29, 1.82) is 0 Å². The Kier molecular flexibility index (Phi) is 3.18. The third kappa shape index (κ3) is 2.39. The lowest BCUT2D eigenvalue weighted by Crippen LogP contribution is -1.71. The molecule has 0 atom stereocenters. The van der Waals surface area contributed by atoms with Crippen LogP contribution in [0.5, 0.6) is 0 Å². The van der Waals surface area contributed by atoms with Crippen LogP contribution >= 0.6 is 11.6 Å². The Labute approximate surface area is 72.5 Å². The normalized spacial score (nSPS) is 10.7. The van der Waals surface area contributed by atoms with Crippen molar-refractivity contribution in [2.45, 2.75) is 13.3 Å². The van der Waals surface area contributed by atoms with Gasteiger partial charge in [0, 0.05) is 5.02 Å². The molecule has 0 aliphatic carbocycles. The fourth-order valence-electron chi connectivity index (χ4n) is 0.855. The highest BCUT2D eigenvalue weighted by Gasteiger charge is 1.90. The average Bonchev–Trinajstić information content (AvgIpc) is 2.03. The van der Waals surface area contributed by atoms with Crippen molar-refractivity contribution in [1.82, 2.24) is 0 Å². The van der Waals surface area contributed by atoms with Gasteiger partial charge in [-0.05, 0) is 18.1 Å². The summed E-state index contributed by atoms with van der Waals surface area (Å²) in [4.78, 5) is 0. The van der Waals surface area contributed by atoms with Crippen molar-refractivity contribution in [3.05, 3.63) is 40.9 Å². The van der Waals surface area contributed by atoms with E-state index < -0.39 is 0 Å². The summed E-state index contributed by atoms with van der Waals surface area (Å²) in [5.41, 5.74) is 1.09. The smallest absolute Gasteiger partial charge is 0.0478 e. The molecule has 0 radical (unpaired) electrons. The molecule has 0 bridgehead atoms. The van der Waals surface area contributed by atoms with E-state index in [0.29, 0.717) is 0 Å². The Balaban J connectivity index is 2.86. The van der Waals surface area contributed by atoms with Gasteiger partial charge in [0.05, 0.1) is 0 Å². The van der Waals surface area contributed by atoms with E-state index in [1.165, 1.54) is 0 Å². The molecule has 1 aromatic carbocycles. The van der Waals surface area contributed by atoms with Gasteiger partial charge in [-0.2, -0.15) is 0 Å². The molecule has 1 rings (SSSR count). The molecule has 0 nitrogen and oxygen atoms in total. The summed E-state index contributed by atoms with van der Waals surface area (Å²) in [6.45, 7) is 2.10. The van der Waals surface area contributed by atoms with Gasteiger partial charge in [-0.25, -0.2) is 0 Å². The van der Waals surface area contributed by atoms with Crippen LogP contribution in [0.3, 0.4) is 0 Å². The number of hydrogen-bond donors (Lipinski definition) is 0. The van der Waals surface area contributed by atoms with Crippen LogP contribution in [0.1, 0.15) is 18.9 Å². The van der Waals surface area contributed by atoms with Gasteiger partial charge >= 0.3 is 0 Å². The zero-order valence-electron chi connectivity index (χ0n) is 6.55. The first-order valence-electron chi connectivity index (χ1n) is 3.75. The van der Waals surface area contributed by atoms with Crippen molar-refractivity contribution < 1.29 is 0 Å². The summed E-state index contributed by atoms with van der Waals surface area (Å²) in [7, 11) is 0.